The molecule has 1 N–H and O–H groups in total. The molecular weight excluding hydrogens is 402 g/mol. The molecule has 2 aromatic rings. The fourth-order valence-corrected chi connectivity index (χ4v) is 3.47. The average molecular weight is 425 g/mol. The zero-order chi connectivity index (χ0) is 22.5. The number of aliphatic hydroxyl groups excluding tert-OH is 1. The summed E-state index contributed by atoms with van der Waals surface area (Å²) < 4.78 is 14.9. The molecule has 0 radical (unpaired) electrons. The number of hydrogen-bond acceptors (Lipinski definition) is 7. The van der Waals surface area contributed by atoms with Gasteiger partial charge in [0.2, 0.25) is 0 Å². The summed E-state index contributed by atoms with van der Waals surface area (Å²) in [7, 11) is 4.30. The van der Waals surface area contributed by atoms with Crippen LogP contribution in [-0.4, -0.2) is 62.1 Å². The molecule has 1 fully saturated rings. The molecule has 1 saturated heterocycles. The number of likely N-dealkylation sites (tertiary alicyclic amines) is 1. The SMILES string of the molecule is COCCN1C(=O)C(=O)C(=C(O)c2ccc(OC)cc2)[C@@H]1c1ccc(C(=O)OC)cc1. The molecule has 1 amide bonds. The minimum Gasteiger partial charge on any atom is -0.507 e. The summed E-state index contributed by atoms with van der Waals surface area (Å²) in [6.07, 6.45) is 0. The number of ketones is 1. The molecule has 3 rings (SSSR count). The first kappa shape index (κ1) is 22.0. The van der Waals surface area contributed by atoms with Crippen molar-refractivity contribution in [3.63, 3.8) is 0 Å². The Morgan fingerprint density at radius 3 is 2.13 bits per heavy atom. The molecular formula is C23H23NO7. The topological polar surface area (TPSA) is 102 Å². The summed E-state index contributed by atoms with van der Waals surface area (Å²) in [5.74, 6) is -1.71. The first-order valence-electron chi connectivity index (χ1n) is 9.53. The fraction of sp³-hybridized carbons (Fsp3) is 0.261. The van der Waals surface area contributed by atoms with Gasteiger partial charge >= 0.3 is 5.97 Å². The number of carbonyl (C=O) groups excluding carboxylic acids is 3. The Kier molecular flexibility index (Phi) is 6.71. The molecule has 1 heterocycles. The second-order valence-corrected chi connectivity index (χ2v) is 6.83. The summed E-state index contributed by atoms with van der Waals surface area (Å²) in [5.41, 5.74) is 1.24. The van der Waals surface area contributed by atoms with E-state index < -0.39 is 23.7 Å². The number of carbonyl (C=O) groups is 3. The van der Waals surface area contributed by atoms with E-state index >= 15 is 0 Å². The Morgan fingerprint density at radius 2 is 1.58 bits per heavy atom. The van der Waals surface area contributed by atoms with Gasteiger partial charge in [0.25, 0.3) is 11.7 Å². The van der Waals surface area contributed by atoms with Crippen molar-refractivity contribution >= 4 is 23.4 Å². The van der Waals surface area contributed by atoms with Crippen LogP contribution >= 0.6 is 0 Å². The number of esters is 1. The van der Waals surface area contributed by atoms with Crippen molar-refractivity contribution in [1.29, 1.82) is 0 Å². The second kappa shape index (κ2) is 9.44. The van der Waals surface area contributed by atoms with Crippen molar-refractivity contribution in [3.8, 4) is 5.75 Å². The number of rotatable bonds is 7. The highest BCUT2D eigenvalue weighted by molar-refractivity contribution is 6.46. The quantitative estimate of drug-likeness (QED) is 0.315. The number of Topliss-reactive ketones (excluding diaryl/α,β-unsaturated/α-hetero) is 1. The van der Waals surface area contributed by atoms with E-state index in [9.17, 15) is 19.5 Å². The first-order valence-corrected chi connectivity index (χ1v) is 9.53. The van der Waals surface area contributed by atoms with Crippen molar-refractivity contribution < 1.29 is 33.7 Å². The van der Waals surface area contributed by atoms with Crippen LogP contribution in [0.25, 0.3) is 5.76 Å². The lowest BCUT2D eigenvalue weighted by Crippen LogP contribution is -2.32. The van der Waals surface area contributed by atoms with Gasteiger partial charge in [0, 0.05) is 19.2 Å². The van der Waals surface area contributed by atoms with Crippen molar-refractivity contribution in [3.05, 3.63) is 70.8 Å². The van der Waals surface area contributed by atoms with Crippen LogP contribution in [0.3, 0.4) is 0 Å². The maximum absolute atomic E-state index is 12.9. The number of amides is 1. The lowest BCUT2D eigenvalue weighted by Gasteiger charge is -2.25. The van der Waals surface area contributed by atoms with Gasteiger partial charge in [-0.25, -0.2) is 4.79 Å². The van der Waals surface area contributed by atoms with Crippen LogP contribution in [0.2, 0.25) is 0 Å². The fourth-order valence-electron chi connectivity index (χ4n) is 3.47. The van der Waals surface area contributed by atoms with Crippen molar-refractivity contribution in [1.82, 2.24) is 4.90 Å². The third kappa shape index (κ3) is 4.29. The maximum atomic E-state index is 12.9. The molecule has 2 aromatic carbocycles. The van der Waals surface area contributed by atoms with Gasteiger partial charge in [0.1, 0.15) is 11.5 Å². The van der Waals surface area contributed by atoms with Crippen LogP contribution in [-0.2, 0) is 19.1 Å². The standard InChI is InChI=1S/C23H23NO7/c1-29-13-12-24-19(14-4-6-16(7-5-14)23(28)31-3)18(21(26)22(24)27)20(25)15-8-10-17(30-2)11-9-15/h4-11,19,25H,12-13H2,1-3H3/t19-/m0/s1. The van der Waals surface area contributed by atoms with Crippen molar-refractivity contribution in [2.45, 2.75) is 6.04 Å². The first-order chi connectivity index (χ1) is 14.9. The van der Waals surface area contributed by atoms with Crippen LogP contribution in [0.4, 0.5) is 0 Å². The van der Waals surface area contributed by atoms with Gasteiger partial charge in [-0.1, -0.05) is 12.1 Å². The minimum absolute atomic E-state index is 0.0305. The highest BCUT2D eigenvalue weighted by atomic mass is 16.5. The summed E-state index contributed by atoms with van der Waals surface area (Å²) in [6.45, 7) is 0.371. The molecule has 0 aliphatic carbocycles. The number of nitrogens with zero attached hydrogens (tertiary/aromatic N) is 1. The van der Waals surface area contributed by atoms with Crippen LogP contribution in [0.15, 0.2) is 54.1 Å². The molecule has 31 heavy (non-hydrogen) atoms. The third-order valence-corrected chi connectivity index (χ3v) is 5.09. The normalized spacial score (nSPS) is 17.6. The molecule has 1 aliphatic rings. The summed E-state index contributed by atoms with van der Waals surface area (Å²) in [5, 5.41) is 11.0. The van der Waals surface area contributed by atoms with E-state index in [1.165, 1.54) is 26.2 Å². The Labute approximate surface area is 179 Å². The van der Waals surface area contributed by atoms with Crippen LogP contribution in [0, 0.1) is 0 Å². The number of hydrogen-bond donors (Lipinski definition) is 1. The summed E-state index contributed by atoms with van der Waals surface area (Å²) in [6, 6.07) is 12.0. The van der Waals surface area contributed by atoms with Gasteiger partial charge in [-0.3, -0.25) is 9.59 Å². The number of ether oxygens (including phenoxy) is 3. The molecule has 0 spiro atoms. The van der Waals surface area contributed by atoms with E-state index in [-0.39, 0.29) is 24.5 Å². The predicted octanol–water partition coefficient (Wildman–Crippen LogP) is 2.55. The predicted molar refractivity (Wildman–Crippen MR) is 112 cm³/mol. The van der Waals surface area contributed by atoms with Gasteiger partial charge in [-0.15, -0.1) is 0 Å². The molecule has 0 saturated carbocycles. The Morgan fingerprint density at radius 1 is 0.968 bits per heavy atom. The van der Waals surface area contributed by atoms with E-state index in [1.54, 1.807) is 48.5 Å². The van der Waals surface area contributed by atoms with E-state index in [0.29, 0.717) is 22.4 Å². The van der Waals surface area contributed by atoms with Gasteiger partial charge in [0.15, 0.2) is 0 Å². The van der Waals surface area contributed by atoms with E-state index in [2.05, 4.69) is 0 Å². The average Bonchev–Trinajstić information content (AvgIpc) is 3.06. The lowest BCUT2D eigenvalue weighted by molar-refractivity contribution is -0.140. The zero-order valence-electron chi connectivity index (χ0n) is 17.5. The van der Waals surface area contributed by atoms with E-state index in [4.69, 9.17) is 14.2 Å². The van der Waals surface area contributed by atoms with Crippen molar-refractivity contribution in [2.24, 2.45) is 0 Å². The largest absolute Gasteiger partial charge is 0.507 e. The Balaban J connectivity index is 2.11. The highest BCUT2D eigenvalue weighted by Gasteiger charge is 2.45. The number of methoxy groups -OCH3 is 3. The van der Waals surface area contributed by atoms with Crippen LogP contribution in [0.5, 0.6) is 5.75 Å². The molecule has 162 valence electrons. The highest BCUT2D eigenvalue weighted by Crippen LogP contribution is 2.39. The Hall–Kier alpha value is -3.65. The lowest BCUT2D eigenvalue weighted by atomic mass is 9.94. The molecule has 8 heteroatoms. The number of aliphatic hydroxyl groups is 1. The van der Waals surface area contributed by atoms with Crippen molar-refractivity contribution in [2.75, 3.05) is 34.5 Å². The second-order valence-electron chi connectivity index (χ2n) is 6.83. The molecule has 0 bridgehead atoms. The Bertz CT molecular complexity index is 1010. The minimum atomic E-state index is -0.830. The van der Waals surface area contributed by atoms with E-state index in [0.717, 1.165) is 0 Å². The maximum Gasteiger partial charge on any atom is 0.337 e. The smallest absolute Gasteiger partial charge is 0.337 e. The molecule has 1 aliphatic heterocycles. The summed E-state index contributed by atoms with van der Waals surface area (Å²) >= 11 is 0. The number of benzene rings is 2. The molecule has 8 nitrogen and oxygen atoms in total. The molecule has 0 aromatic heterocycles. The van der Waals surface area contributed by atoms with E-state index in [1.807, 2.05) is 0 Å². The molecule has 1 atom stereocenters. The van der Waals surface area contributed by atoms with Gasteiger partial charge in [0.05, 0.1) is 38.0 Å². The van der Waals surface area contributed by atoms with Gasteiger partial charge in [-0.05, 0) is 42.0 Å². The monoisotopic (exact) mass is 425 g/mol. The zero-order valence-corrected chi connectivity index (χ0v) is 17.5. The van der Waals surface area contributed by atoms with Crippen LogP contribution < -0.4 is 4.74 Å². The van der Waals surface area contributed by atoms with Crippen LogP contribution in [0.1, 0.15) is 27.5 Å². The third-order valence-electron chi connectivity index (χ3n) is 5.09. The summed E-state index contributed by atoms with van der Waals surface area (Å²) in [4.78, 5) is 38.7. The molecule has 0 unspecified atom stereocenters. The van der Waals surface area contributed by atoms with Gasteiger partial charge in [-0.2, -0.15) is 0 Å². The van der Waals surface area contributed by atoms with Gasteiger partial charge < -0.3 is 24.2 Å².